The van der Waals surface area contributed by atoms with Gasteiger partial charge < -0.3 is 15.5 Å². The van der Waals surface area contributed by atoms with Crippen LogP contribution in [0, 0.1) is 5.92 Å². The number of hydrogen-bond acceptors (Lipinski definition) is 3. The Morgan fingerprint density at radius 3 is 2.52 bits per heavy atom. The van der Waals surface area contributed by atoms with Gasteiger partial charge in [-0.3, -0.25) is 9.59 Å². The van der Waals surface area contributed by atoms with Crippen LogP contribution in [0.4, 0.5) is 0 Å². The van der Waals surface area contributed by atoms with Gasteiger partial charge in [-0.2, -0.15) is 0 Å². The minimum Gasteiger partial charge on any atom is -0.359 e. The molecular formula is C16H25N3O2. The van der Waals surface area contributed by atoms with Gasteiger partial charge in [0, 0.05) is 26.2 Å². The van der Waals surface area contributed by atoms with Crippen LogP contribution in [-0.4, -0.2) is 50.9 Å². The molecule has 5 heteroatoms. The van der Waals surface area contributed by atoms with Crippen molar-refractivity contribution in [3.05, 3.63) is 35.4 Å². The van der Waals surface area contributed by atoms with Gasteiger partial charge in [-0.25, -0.2) is 0 Å². The number of benzene rings is 1. The van der Waals surface area contributed by atoms with E-state index in [0.717, 1.165) is 18.5 Å². The summed E-state index contributed by atoms with van der Waals surface area (Å²) in [5.74, 6) is -0.330. The predicted octanol–water partition coefficient (Wildman–Crippen LogP) is 0.903. The van der Waals surface area contributed by atoms with Gasteiger partial charge in [-0.1, -0.05) is 25.1 Å². The number of amides is 2. The summed E-state index contributed by atoms with van der Waals surface area (Å²) >= 11 is 0. The summed E-state index contributed by atoms with van der Waals surface area (Å²) < 4.78 is 0. The van der Waals surface area contributed by atoms with E-state index in [1.165, 1.54) is 0 Å². The summed E-state index contributed by atoms with van der Waals surface area (Å²) in [6.45, 7) is 3.04. The van der Waals surface area contributed by atoms with E-state index in [0.29, 0.717) is 12.1 Å². The van der Waals surface area contributed by atoms with E-state index in [-0.39, 0.29) is 17.7 Å². The molecule has 1 atom stereocenters. The van der Waals surface area contributed by atoms with Gasteiger partial charge >= 0.3 is 0 Å². The SMILES string of the molecule is CNCCc1ccccc1C(=O)N(C)CC(C)C(=O)NC. The maximum absolute atomic E-state index is 12.5. The number of carbonyl (C=O) groups excluding carboxylic acids is 2. The number of nitrogens with one attached hydrogen (secondary N) is 2. The summed E-state index contributed by atoms with van der Waals surface area (Å²) in [5.41, 5.74) is 1.73. The van der Waals surface area contributed by atoms with Crippen LogP contribution in [-0.2, 0) is 11.2 Å². The molecule has 0 aliphatic carbocycles. The molecule has 0 saturated carbocycles. The van der Waals surface area contributed by atoms with Gasteiger partial charge in [-0.15, -0.1) is 0 Å². The molecule has 116 valence electrons. The van der Waals surface area contributed by atoms with Crippen LogP contribution >= 0.6 is 0 Å². The molecular weight excluding hydrogens is 266 g/mol. The van der Waals surface area contributed by atoms with Crippen molar-refractivity contribution in [2.75, 3.05) is 34.2 Å². The molecule has 2 N–H and O–H groups in total. The molecule has 0 bridgehead atoms. The largest absolute Gasteiger partial charge is 0.359 e. The molecule has 0 aromatic heterocycles. The zero-order chi connectivity index (χ0) is 15.8. The quantitative estimate of drug-likeness (QED) is 0.785. The van der Waals surface area contributed by atoms with Crippen LogP contribution in [0.1, 0.15) is 22.8 Å². The normalized spacial score (nSPS) is 11.8. The molecule has 0 aliphatic rings. The van der Waals surface area contributed by atoms with Crippen molar-refractivity contribution in [1.82, 2.24) is 15.5 Å². The summed E-state index contributed by atoms with van der Waals surface area (Å²) in [4.78, 5) is 25.7. The molecule has 0 aliphatic heterocycles. The average Bonchev–Trinajstić information content (AvgIpc) is 2.51. The minimum atomic E-state index is -0.228. The van der Waals surface area contributed by atoms with Gasteiger partial charge in [0.05, 0.1) is 5.92 Å². The third-order valence-corrected chi connectivity index (χ3v) is 3.48. The molecule has 1 aromatic rings. The Morgan fingerprint density at radius 1 is 1.24 bits per heavy atom. The first-order valence-electron chi connectivity index (χ1n) is 7.20. The van der Waals surface area contributed by atoms with Gasteiger partial charge in [0.1, 0.15) is 0 Å². The predicted molar refractivity (Wildman–Crippen MR) is 84.3 cm³/mol. The Morgan fingerprint density at radius 2 is 1.90 bits per heavy atom. The lowest BCUT2D eigenvalue weighted by Gasteiger charge is -2.22. The summed E-state index contributed by atoms with van der Waals surface area (Å²) in [6.07, 6.45) is 0.803. The van der Waals surface area contributed by atoms with Crippen molar-refractivity contribution in [2.24, 2.45) is 5.92 Å². The number of likely N-dealkylation sites (N-methyl/N-ethyl adjacent to an activating group) is 1. The van der Waals surface area contributed by atoms with Gasteiger partial charge in [0.15, 0.2) is 0 Å². The summed E-state index contributed by atoms with van der Waals surface area (Å²) in [6, 6.07) is 7.62. The lowest BCUT2D eigenvalue weighted by atomic mass is 10.0. The Balaban J connectivity index is 2.80. The van der Waals surface area contributed by atoms with E-state index in [1.807, 2.05) is 38.2 Å². The van der Waals surface area contributed by atoms with Crippen LogP contribution < -0.4 is 10.6 Å². The zero-order valence-electron chi connectivity index (χ0n) is 13.3. The Labute approximate surface area is 126 Å². The maximum Gasteiger partial charge on any atom is 0.253 e. The zero-order valence-corrected chi connectivity index (χ0v) is 13.3. The lowest BCUT2D eigenvalue weighted by Crippen LogP contribution is -2.37. The van der Waals surface area contributed by atoms with Crippen molar-refractivity contribution in [1.29, 1.82) is 0 Å². The second kappa shape index (κ2) is 8.42. The molecule has 0 heterocycles. The second-order valence-electron chi connectivity index (χ2n) is 5.21. The van der Waals surface area contributed by atoms with Crippen molar-refractivity contribution in [3.8, 4) is 0 Å². The standard InChI is InChI=1S/C16H25N3O2/c1-12(15(20)18-3)11-19(4)16(21)14-8-6-5-7-13(14)9-10-17-2/h5-8,12,17H,9-11H2,1-4H3,(H,18,20). The highest BCUT2D eigenvalue weighted by Gasteiger charge is 2.19. The highest BCUT2D eigenvalue weighted by atomic mass is 16.2. The topological polar surface area (TPSA) is 61.4 Å². The van der Waals surface area contributed by atoms with E-state index in [2.05, 4.69) is 10.6 Å². The van der Waals surface area contributed by atoms with Crippen LogP contribution in [0.5, 0.6) is 0 Å². The Hall–Kier alpha value is -1.88. The van der Waals surface area contributed by atoms with Crippen LogP contribution in [0.15, 0.2) is 24.3 Å². The van der Waals surface area contributed by atoms with E-state index in [1.54, 1.807) is 19.0 Å². The van der Waals surface area contributed by atoms with E-state index < -0.39 is 0 Å². The first kappa shape index (κ1) is 17.2. The van der Waals surface area contributed by atoms with Crippen molar-refractivity contribution in [2.45, 2.75) is 13.3 Å². The van der Waals surface area contributed by atoms with Crippen LogP contribution in [0.25, 0.3) is 0 Å². The van der Waals surface area contributed by atoms with Crippen LogP contribution in [0.2, 0.25) is 0 Å². The van der Waals surface area contributed by atoms with Crippen molar-refractivity contribution in [3.63, 3.8) is 0 Å². The molecule has 1 aromatic carbocycles. The fourth-order valence-electron chi connectivity index (χ4n) is 2.24. The van der Waals surface area contributed by atoms with Gasteiger partial charge in [0.2, 0.25) is 5.91 Å². The molecule has 21 heavy (non-hydrogen) atoms. The summed E-state index contributed by atoms with van der Waals surface area (Å²) in [7, 11) is 5.23. The fourth-order valence-corrected chi connectivity index (χ4v) is 2.24. The van der Waals surface area contributed by atoms with Crippen molar-refractivity contribution >= 4 is 11.8 Å². The fraction of sp³-hybridized carbons (Fsp3) is 0.500. The molecule has 0 saturated heterocycles. The van der Waals surface area contributed by atoms with E-state index >= 15 is 0 Å². The summed E-state index contributed by atoms with van der Waals surface area (Å²) in [5, 5.41) is 5.69. The molecule has 1 rings (SSSR count). The number of nitrogens with zero attached hydrogens (tertiary/aromatic N) is 1. The van der Waals surface area contributed by atoms with E-state index in [9.17, 15) is 9.59 Å². The first-order valence-corrected chi connectivity index (χ1v) is 7.20. The molecule has 1 unspecified atom stereocenters. The smallest absolute Gasteiger partial charge is 0.253 e. The molecule has 0 spiro atoms. The molecule has 5 nitrogen and oxygen atoms in total. The highest BCUT2D eigenvalue weighted by Crippen LogP contribution is 2.13. The first-order chi connectivity index (χ1) is 10.0. The highest BCUT2D eigenvalue weighted by molar-refractivity contribution is 5.95. The molecule has 0 fully saturated rings. The van der Waals surface area contributed by atoms with E-state index in [4.69, 9.17) is 0 Å². The number of hydrogen-bond donors (Lipinski definition) is 2. The maximum atomic E-state index is 12.5. The number of rotatable bonds is 7. The lowest BCUT2D eigenvalue weighted by molar-refractivity contribution is -0.124. The van der Waals surface area contributed by atoms with Gasteiger partial charge in [0.25, 0.3) is 5.91 Å². The molecule has 2 amide bonds. The minimum absolute atomic E-state index is 0.0440. The average molecular weight is 291 g/mol. The van der Waals surface area contributed by atoms with Gasteiger partial charge in [-0.05, 0) is 31.6 Å². The van der Waals surface area contributed by atoms with Crippen LogP contribution in [0.3, 0.4) is 0 Å². The number of carbonyl (C=O) groups is 2. The third-order valence-electron chi connectivity index (χ3n) is 3.48. The Bertz CT molecular complexity index is 488. The third kappa shape index (κ3) is 4.86. The Kier molecular flexibility index (Phi) is 6.88. The monoisotopic (exact) mass is 291 g/mol. The second-order valence-corrected chi connectivity index (χ2v) is 5.21. The molecule has 0 radical (unpaired) electrons. The van der Waals surface area contributed by atoms with Crippen molar-refractivity contribution < 1.29 is 9.59 Å².